The first kappa shape index (κ1) is 17.3. The quantitative estimate of drug-likeness (QED) is 0.660. The van der Waals surface area contributed by atoms with Crippen molar-refractivity contribution in [3.63, 3.8) is 0 Å². The lowest BCUT2D eigenvalue weighted by Crippen LogP contribution is -2.41. The third kappa shape index (κ3) is 6.01. The molecule has 2 amide bonds. The van der Waals surface area contributed by atoms with Crippen LogP contribution in [0.15, 0.2) is 0 Å². The summed E-state index contributed by atoms with van der Waals surface area (Å²) in [4.78, 5) is 34.3. The molecule has 2 atom stereocenters. The van der Waals surface area contributed by atoms with Crippen LogP contribution in [0.5, 0.6) is 0 Å². The van der Waals surface area contributed by atoms with Gasteiger partial charge in [0.05, 0.1) is 11.8 Å². The average Bonchev–Trinajstić information content (AvgIpc) is 2.81. The number of ether oxygens (including phenoxy) is 1. The Balaban J connectivity index is 2.25. The normalized spacial score (nSPS) is 21.7. The molecule has 0 aromatic rings. The summed E-state index contributed by atoms with van der Waals surface area (Å²) in [6, 6.07) is 0. The fourth-order valence-corrected chi connectivity index (χ4v) is 2.36. The van der Waals surface area contributed by atoms with Crippen LogP contribution in [0.2, 0.25) is 0 Å². The lowest BCUT2D eigenvalue weighted by atomic mass is 9.95. The molecule has 0 radical (unpaired) electrons. The number of amides is 2. The number of carboxylic acids is 1. The van der Waals surface area contributed by atoms with Crippen molar-refractivity contribution in [1.82, 2.24) is 10.6 Å². The highest BCUT2D eigenvalue weighted by Crippen LogP contribution is 2.31. The molecule has 120 valence electrons. The van der Waals surface area contributed by atoms with E-state index in [1.165, 1.54) is 0 Å². The number of rotatable bonds is 5. The van der Waals surface area contributed by atoms with Gasteiger partial charge in [-0.2, -0.15) is 0 Å². The number of nitrogens with one attached hydrogen (secondary N) is 2. The van der Waals surface area contributed by atoms with Crippen LogP contribution in [0, 0.1) is 11.8 Å². The molecule has 1 saturated carbocycles. The molecule has 1 fully saturated rings. The van der Waals surface area contributed by atoms with E-state index in [1.807, 2.05) is 0 Å². The first-order valence-electron chi connectivity index (χ1n) is 7.18. The smallest absolute Gasteiger partial charge is 0.407 e. The van der Waals surface area contributed by atoms with Crippen LogP contribution in [-0.4, -0.2) is 41.8 Å². The van der Waals surface area contributed by atoms with Gasteiger partial charge >= 0.3 is 12.1 Å². The van der Waals surface area contributed by atoms with Crippen LogP contribution in [0.1, 0.15) is 40.0 Å². The summed E-state index contributed by atoms with van der Waals surface area (Å²) >= 11 is 0. The Hall–Kier alpha value is -1.79. The van der Waals surface area contributed by atoms with Gasteiger partial charge in [-0.05, 0) is 33.6 Å². The monoisotopic (exact) mass is 300 g/mol. The largest absolute Gasteiger partial charge is 0.481 e. The molecule has 0 aromatic heterocycles. The van der Waals surface area contributed by atoms with Gasteiger partial charge in [-0.3, -0.25) is 9.59 Å². The number of aliphatic carboxylic acids is 1. The molecule has 0 aliphatic heterocycles. The van der Waals surface area contributed by atoms with E-state index in [2.05, 4.69) is 10.6 Å². The van der Waals surface area contributed by atoms with E-state index in [0.717, 1.165) is 6.42 Å². The van der Waals surface area contributed by atoms with Crippen molar-refractivity contribution < 1.29 is 24.2 Å². The van der Waals surface area contributed by atoms with E-state index in [0.29, 0.717) is 12.8 Å². The highest BCUT2D eigenvalue weighted by atomic mass is 16.6. The second kappa shape index (κ2) is 7.28. The average molecular weight is 300 g/mol. The van der Waals surface area contributed by atoms with Gasteiger partial charge in [0, 0.05) is 13.1 Å². The molecule has 21 heavy (non-hydrogen) atoms. The van der Waals surface area contributed by atoms with Crippen LogP contribution in [-0.2, 0) is 14.3 Å². The van der Waals surface area contributed by atoms with Crippen molar-refractivity contribution in [2.75, 3.05) is 13.1 Å². The molecule has 7 heteroatoms. The maximum absolute atomic E-state index is 11.9. The Bertz CT molecular complexity index is 403. The minimum absolute atomic E-state index is 0.241. The topological polar surface area (TPSA) is 105 Å². The molecule has 0 heterocycles. The molecule has 0 saturated heterocycles. The van der Waals surface area contributed by atoms with E-state index in [9.17, 15) is 14.4 Å². The molecule has 1 rings (SSSR count). The zero-order chi connectivity index (χ0) is 16.0. The highest BCUT2D eigenvalue weighted by molar-refractivity contribution is 5.85. The third-order valence-corrected chi connectivity index (χ3v) is 3.26. The molecule has 1 aliphatic carbocycles. The van der Waals surface area contributed by atoms with Crippen LogP contribution in [0.4, 0.5) is 4.79 Å². The summed E-state index contributed by atoms with van der Waals surface area (Å²) in [6.07, 6.45) is 1.36. The van der Waals surface area contributed by atoms with Gasteiger partial charge < -0.3 is 20.5 Å². The number of carbonyl (C=O) groups is 3. The number of carboxylic acid groups (broad SMARTS) is 1. The number of hydrogen-bond acceptors (Lipinski definition) is 4. The minimum atomic E-state index is -0.917. The lowest BCUT2D eigenvalue weighted by molar-refractivity contribution is -0.146. The molecular formula is C14H24N2O5. The van der Waals surface area contributed by atoms with Crippen LogP contribution >= 0.6 is 0 Å². The zero-order valence-corrected chi connectivity index (χ0v) is 12.8. The van der Waals surface area contributed by atoms with Gasteiger partial charge in [0.15, 0.2) is 0 Å². The standard InChI is InChI=1S/C14H24N2O5/c1-14(2,3)21-13(20)16-8-7-15-11(17)9-5-4-6-10(9)12(18)19/h9-10H,4-8H2,1-3H3,(H,15,17)(H,16,20)(H,18,19). The first-order valence-corrected chi connectivity index (χ1v) is 7.18. The maximum atomic E-state index is 11.9. The van der Waals surface area contributed by atoms with E-state index in [4.69, 9.17) is 9.84 Å². The fraction of sp³-hybridized carbons (Fsp3) is 0.786. The Morgan fingerprint density at radius 2 is 1.67 bits per heavy atom. The summed E-state index contributed by atoms with van der Waals surface area (Å²) in [5.74, 6) is -2.24. The number of hydrogen-bond donors (Lipinski definition) is 3. The summed E-state index contributed by atoms with van der Waals surface area (Å²) in [6.45, 7) is 5.79. The van der Waals surface area contributed by atoms with E-state index >= 15 is 0 Å². The molecule has 0 spiro atoms. The first-order chi connectivity index (χ1) is 9.70. The van der Waals surface area contributed by atoms with Crippen molar-refractivity contribution in [1.29, 1.82) is 0 Å². The second-order valence-electron chi connectivity index (χ2n) is 6.20. The van der Waals surface area contributed by atoms with Gasteiger partial charge in [-0.15, -0.1) is 0 Å². The Morgan fingerprint density at radius 1 is 1.10 bits per heavy atom. The van der Waals surface area contributed by atoms with Crippen molar-refractivity contribution in [2.24, 2.45) is 11.8 Å². The number of alkyl carbamates (subject to hydrolysis) is 1. The molecule has 1 aliphatic rings. The van der Waals surface area contributed by atoms with Crippen molar-refractivity contribution in [2.45, 2.75) is 45.6 Å². The Morgan fingerprint density at radius 3 is 2.24 bits per heavy atom. The van der Waals surface area contributed by atoms with Gasteiger partial charge in [-0.25, -0.2) is 4.79 Å². The highest BCUT2D eigenvalue weighted by Gasteiger charge is 2.37. The van der Waals surface area contributed by atoms with E-state index in [-0.39, 0.29) is 19.0 Å². The van der Waals surface area contributed by atoms with Crippen molar-refractivity contribution in [3.05, 3.63) is 0 Å². The third-order valence-electron chi connectivity index (χ3n) is 3.26. The molecule has 3 N–H and O–H groups in total. The molecule has 0 aromatic carbocycles. The summed E-state index contributed by atoms with van der Waals surface area (Å²) in [7, 11) is 0. The predicted octanol–water partition coefficient (Wildman–Crippen LogP) is 1.13. The fourth-order valence-electron chi connectivity index (χ4n) is 2.36. The van der Waals surface area contributed by atoms with Gasteiger partial charge in [0.1, 0.15) is 5.60 Å². The lowest BCUT2D eigenvalue weighted by Gasteiger charge is -2.20. The van der Waals surface area contributed by atoms with Crippen LogP contribution in [0.3, 0.4) is 0 Å². The molecule has 7 nitrogen and oxygen atoms in total. The summed E-state index contributed by atoms with van der Waals surface area (Å²) in [5, 5.41) is 14.2. The van der Waals surface area contributed by atoms with Crippen LogP contribution < -0.4 is 10.6 Å². The van der Waals surface area contributed by atoms with E-state index < -0.39 is 29.5 Å². The number of carbonyl (C=O) groups excluding carboxylic acids is 2. The van der Waals surface area contributed by atoms with Crippen molar-refractivity contribution >= 4 is 18.0 Å². The molecule has 0 bridgehead atoms. The predicted molar refractivity (Wildman–Crippen MR) is 75.7 cm³/mol. The van der Waals surface area contributed by atoms with E-state index in [1.54, 1.807) is 20.8 Å². The van der Waals surface area contributed by atoms with Gasteiger partial charge in [0.2, 0.25) is 5.91 Å². The Kier molecular flexibility index (Phi) is 5.99. The second-order valence-corrected chi connectivity index (χ2v) is 6.20. The maximum Gasteiger partial charge on any atom is 0.407 e. The Labute approximate surface area is 124 Å². The molecule has 2 unspecified atom stereocenters. The zero-order valence-electron chi connectivity index (χ0n) is 12.8. The van der Waals surface area contributed by atoms with Gasteiger partial charge in [0.25, 0.3) is 0 Å². The minimum Gasteiger partial charge on any atom is -0.481 e. The summed E-state index contributed by atoms with van der Waals surface area (Å²) < 4.78 is 5.05. The van der Waals surface area contributed by atoms with Crippen molar-refractivity contribution in [3.8, 4) is 0 Å². The van der Waals surface area contributed by atoms with Crippen LogP contribution in [0.25, 0.3) is 0 Å². The summed E-state index contributed by atoms with van der Waals surface area (Å²) in [5.41, 5.74) is -0.564. The molecular weight excluding hydrogens is 276 g/mol. The SMILES string of the molecule is CC(C)(C)OC(=O)NCCNC(=O)C1CCCC1C(=O)O. The van der Waals surface area contributed by atoms with Gasteiger partial charge in [-0.1, -0.05) is 6.42 Å².